The standard InChI is InChI=1S/C23H25ClN2O2S/c1-6-20(23(27)25-18-12-16(24)7-8-19(18)28-5)29-21-11-14(3)17-10-13(2)9-15(4)22(17)26-21/h7-12,20H,6H2,1-5H3,(H,25,27). The minimum absolute atomic E-state index is 0.0988. The lowest BCUT2D eigenvalue weighted by molar-refractivity contribution is -0.115. The van der Waals surface area contributed by atoms with Crippen molar-refractivity contribution < 1.29 is 9.53 Å². The van der Waals surface area contributed by atoms with Gasteiger partial charge in [-0.15, -0.1) is 0 Å². The van der Waals surface area contributed by atoms with Crippen molar-refractivity contribution in [1.82, 2.24) is 4.98 Å². The number of nitrogens with one attached hydrogen (secondary N) is 1. The zero-order valence-corrected chi connectivity index (χ0v) is 18.9. The van der Waals surface area contributed by atoms with Gasteiger partial charge in [-0.1, -0.05) is 41.9 Å². The molecule has 0 radical (unpaired) electrons. The lowest BCUT2D eigenvalue weighted by atomic mass is 10.0. The Morgan fingerprint density at radius 2 is 1.93 bits per heavy atom. The Hall–Kier alpha value is -2.24. The van der Waals surface area contributed by atoms with Crippen LogP contribution < -0.4 is 10.1 Å². The van der Waals surface area contributed by atoms with Crippen LogP contribution in [0.4, 0.5) is 5.69 Å². The van der Waals surface area contributed by atoms with Crippen LogP contribution >= 0.6 is 23.4 Å². The van der Waals surface area contributed by atoms with Gasteiger partial charge in [0.15, 0.2) is 0 Å². The number of thioether (sulfide) groups is 1. The summed E-state index contributed by atoms with van der Waals surface area (Å²) in [6, 6.07) is 11.5. The zero-order chi connectivity index (χ0) is 21.1. The second-order valence-corrected chi connectivity index (χ2v) is 8.76. The number of benzene rings is 2. The fourth-order valence-corrected chi connectivity index (χ4v) is 4.52. The van der Waals surface area contributed by atoms with E-state index in [4.69, 9.17) is 21.3 Å². The normalized spacial score (nSPS) is 12.1. The number of ether oxygens (including phenoxy) is 1. The number of fused-ring (bicyclic) bond motifs is 1. The van der Waals surface area contributed by atoms with Gasteiger partial charge in [0.05, 0.1) is 28.6 Å². The molecule has 29 heavy (non-hydrogen) atoms. The predicted molar refractivity (Wildman–Crippen MR) is 123 cm³/mol. The molecule has 1 unspecified atom stereocenters. The number of aromatic nitrogens is 1. The molecule has 4 nitrogen and oxygen atoms in total. The Morgan fingerprint density at radius 3 is 2.62 bits per heavy atom. The number of carbonyl (C=O) groups is 1. The fourth-order valence-electron chi connectivity index (χ4n) is 3.33. The van der Waals surface area contributed by atoms with Gasteiger partial charge < -0.3 is 10.1 Å². The SMILES string of the molecule is CCC(Sc1cc(C)c2cc(C)cc(C)c2n1)C(=O)Nc1cc(Cl)ccc1OC. The number of methoxy groups -OCH3 is 1. The minimum atomic E-state index is -0.284. The van der Waals surface area contributed by atoms with E-state index in [1.807, 2.05) is 6.92 Å². The first-order valence-electron chi connectivity index (χ1n) is 9.52. The number of amides is 1. The van der Waals surface area contributed by atoms with Crippen LogP contribution in [0.15, 0.2) is 41.4 Å². The number of aryl methyl sites for hydroxylation is 3. The van der Waals surface area contributed by atoms with Crippen molar-refractivity contribution in [1.29, 1.82) is 0 Å². The molecule has 1 amide bonds. The topological polar surface area (TPSA) is 51.2 Å². The highest BCUT2D eigenvalue weighted by Gasteiger charge is 2.21. The third kappa shape index (κ3) is 4.85. The van der Waals surface area contributed by atoms with Crippen molar-refractivity contribution in [3.63, 3.8) is 0 Å². The molecule has 0 aliphatic rings. The summed E-state index contributed by atoms with van der Waals surface area (Å²) in [6.45, 7) is 8.25. The van der Waals surface area contributed by atoms with Crippen LogP contribution in [0.2, 0.25) is 5.02 Å². The van der Waals surface area contributed by atoms with Gasteiger partial charge in [0.25, 0.3) is 0 Å². The van der Waals surface area contributed by atoms with E-state index >= 15 is 0 Å². The van der Waals surface area contributed by atoms with E-state index in [0.29, 0.717) is 22.9 Å². The summed E-state index contributed by atoms with van der Waals surface area (Å²) in [4.78, 5) is 17.8. The summed E-state index contributed by atoms with van der Waals surface area (Å²) in [5.74, 6) is 0.478. The first-order valence-corrected chi connectivity index (χ1v) is 10.8. The van der Waals surface area contributed by atoms with Crippen molar-refractivity contribution in [2.75, 3.05) is 12.4 Å². The maximum Gasteiger partial charge on any atom is 0.238 e. The van der Waals surface area contributed by atoms with Crippen molar-refractivity contribution >= 4 is 45.9 Å². The van der Waals surface area contributed by atoms with Gasteiger partial charge in [0, 0.05) is 10.4 Å². The summed E-state index contributed by atoms with van der Waals surface area (Å²) in [6.07, 6.45) is 0.672. The number of halogens is 1. The number of pyridine rings is 1. The zero-order valence-electron chi connectivity index (χ0n) is 17.3. The summed E-state index contributed by atoms with van der Waals surface area (Å²) < 4.78 is 5.33. The van der Waals surface area contributed by atoms with E-state index in [9.17, 15) is 4.79 Å². The molecule has 0 bridgehead atoms. The van der Waals surface area contributed by atoms with E-state index in [0.717, 1.165) is 27.1 Å². The molecule has 0 saturated carbocycles. The lowest BCUT2D eigenvalue weighted by Gasteiger charge is -2.17. The monoisotopic (exact) mass is 428 g/mol. The molecule has 1 N–H and O–H groups in total. The average molecular weight is 429 g/mol. The van der Waals surface area contributed by atoms with Crippen molar-refractivity contribution in [2.24, 2.45) is 0 Å². The van der Waals surface area contributed by atoms with Gasteiger partial charge in [0.1, 0.15) is 5.75 Å². The fraction of sp³-hybridized carbons (Fsp3) is 0.304. The smallest absolute Gasteiger partial charge is 0.238 e. The third-order valence-electron chi connectivity index (χ3n) is 4.78. The van der Waals surface area contributed by atoms with E-state index in [1.165, 1.54) is 17.3 Å². The number of nitrogens with zero attached hydrogens (tertiary/aromatic N) is 1. The van der Waals surface area contributed by atoms with Gasteiger partial charge >= 0.3 is 0 Å². The van der Waals surface area contributed by atoms with Gasteiger partial charge in [-0.25, -0.2) is 4.98 Å². The lowest BCUT2D eigenvalue weighted by Crippen LogP contribution is -2.25. The molecule has 1 heterocycles. The third-order valence-corrected chi connectivity index (χ3v) is 6.29. The van der Waals surface area contributed by atoms with Gasteiger partial charge in [-0.2, -0.15) is 0 Å². The first kappa shape index (κ1) is 21.5. The molecule has 1 aromatic heterocycles. The van der Waals surface area contributed by atoms with Crippen LogP contribution in [0, 0.1) is 20.8 Å². The summed E-state index contributed by atoms with van der Waals surface area (Å²) in [5.41, 5.74) is 5.09. The highest BCUT2D eigenvalue weighted by atomic mass is 35.5. The summed E-state index contributed by atoms with van der Waals surface area (Å²) >= 11 is 7.56. The Kier molecular flexibility index (Phi) is 6.70. The Balaban J connectivity index is 1.86. The Morgan fingerprint density at radius 1 is 1.17 bits per heavy atom. The highest BCUT2D eigenvalue weighted by Crippen LogP contribution is 2.32. The largest absolute Gasteiger partial charge is 0.495 e. The van der Waals surface area contributed by atoms with Crippen molar-refractivity contribution in [3.05, 3.63) is 58.1 Å². The average Bonchev–Trinajstić information content (AvgIpc) is 2.67. The molecule has 6 heteroatoms. The van der Waals surface area contributed by atoms with Crippen molar-refractivity contribution in [3.8, 4) is 5.75 Å². The van der Waals surface area contributed by atoms with Gasteiger partial charge in [0.2, 0.25) is 5.91 Å². The van der Waals surface area contributed by atoms with Crippen LogP contribution in [0.3, 0.4) is 0 Å². The summed E-state index contributed by atoms with van der Waals surface area (Å²) in [5, 5.41) is 5.21. The molecule has 1 atom stereocenters. The van der Waals surface area contributed by atoms with Crippen LogP contribution in [0.5, 0.6) is 5.75 Å². The molecule has 152 valence electrons. The molecule has 0 spiro atoms. The second-order valence-electron chi connectivity index (χ2n) is 7.10. The van der Waals surface area contributed by atoms with Crippen molar-refractivity contribution in [2.45, 2.75) is 44.4 Å². The molecule has 2 aromatic carbocycles. The molecular formula is C23H25ClN2O2S. The number of hydrogen-bond acceptors (Lipinski definition) is 4. The molecule has 3 rings (SSSR count). The number of anilines is 1. The van der Waals surface area contributed by atoms with Gasteiger partial charge in [-0.05, 0) is 68.7 Å². The van der Waals surface area contributed by atoms with Crippen LogP contribution in [-0.2, 0) is 4.79 Å². The quantitative estimate of drug-likeness (QED) is 0.466. The molecule has 0 aliphatic heterocycles. The first-order chi connectivity index (χ1) is 13.8. The van der Waals surface area contributed by atoms with E-state index < -0.39 is 0 Å². The minimum Gasteiger partial charge on any atom is -0.495 e. The Labute approximate surface area is 181 Å². The predicted octanol–water partition coefficient (Wildman–Crippen LogP) is 6.33. The number of hydrogen-bond donors (Lipinski definition) is 1. The molecule has 0 aliphatic carbocycles. The summed E-state index contributed by atoms with van der Waals surface area (Å²) in [7, 11) is 1.57. The maximum absolute atomic E-state index is 12.9. The molecule has 0 saturated heterocycles. The highest BCUT2D eigenvalue weighted by molar-refractivity contribution is 8.00. The number of carbonyl (C=O) groups excluding carboxylic acids is 1. The molecule has 0 fully saturated rings. The van der Waals surface area contributed by atoms with Gasteiger partial charge in [-0.3, -0.25) is 4.79 Å². The van der Waals surface area contributed by atoms with E-state index in [1.54, 1.807) is 25.3 Å². The van der Waals surface area contributed by atoms with Crippen LogP contribution in [-0.4, -0.2) is 23.3 Å². The van der Waals surface area contributed by atoms with E-state index in [2.05, 4.69) is 44.3 Å². The van der Waals surface area contributed by atoms with E-state index in [-0.39, 0.29) is 11.2 Å². The molecule has 3 aromatic rings. The Bertz CT molecular complexity index is 1070. The van der Waals surface area contributed by atoms with Crippen LogP contribution in [0.1, 0.15) is 30.0 Å². The maximum atomic E-state index is 12.9. The number of rotatable bonds is 6. The second kappa shape index (κ2) is 9.06. The van der Waals surface area contributed by atoms with Crippen LogP contribution in [0.25, 0.3) is 10.9 Å². The molecular weight excluding hydrogens is 404 g/mol.